The van der Waals surface area contributed by atoms with Crippen molar-refractivity contribution in [3.05, 3.63) is 67.7 Å². The SMILES string of the molecule is Cc1cc(Cl)ccc1C(O)c1c(C)c(C)c(C)c(C)c1C. The van der Waals surface area contributed by atoms with Crippen LogP contribution in [0, 0.1) is 41.5 Å². The van der Waals surface area contributed by atoms with Crippen molar-refractivity contribution < 1.29 is 5.11 Å². The summed E-state index contributed by atoms with van der Waals surface area (Å²) >= 11 is 6.02. The van der Waals surface area contributed by atoms with Gasteiger partial charge in [-0.3, -0.25) is 0 Å². The average molecular weight is 303 g/mol. The van der Waals surface area contributed by atoms with Crippen LogP contribution < -0.4 is 0 Å². The van der Waals surface area contributed by atoms with Gasteiger partial charge in [-0.2, -0.15) is 0 Å². The molecular weight excluding hydrogens is 280 g/mol. The Morgan fingerprint density at radius 1 is 0.810 bits per heavy atom. The summed E-state index contributed by atoms with van der Waals surface area (Å²) in [5.41, 5.74) is 9.17. The molecule has 0 saturated carbocycles. The van der Waals surface area contributed by atoms with Gasteiger partial charge in [-0.15, -0.1) is 0 Å². The number of rotatable bonds is 2. The molecule has 2 rings (SSSR count). The van der Waals surface area contributed by atoms with E-state index in [4.69, 9.17) is 11.6 Å². The lowest BCUT2D eigenvalue weighted by molar-refractivity contribution is 0.218. The van der Waals surface area contributed by atoms with Gasteiger partial charge in [0.15, 0.2) is 0 Å². The normalized spacial score (nSPS) is 12.6. The monoisotopic (exact) mass is 302 g/mol. The second-order valence-corrected chi connectivity index (χ2v) is 6.38. The summed E-state index contributed by atoms with van der Waals surface area (Å²) in [6, 6.07) is 5.66. The highest BCUT2D eigenvalue weighted by Gasteiger charge is 2.21. The maximum absolute atomic E-state index is 10.9. The van der Waals surface area contributed by atoms with Gasteiger partial charge in [0.25, 0.3) is 0 Å². The number of aliphatic hydroxyl groups is 1. The number of aryl methyl sites for hydroxylation is 1. The quantitative estimate of drug-likeness (QED) is 0.801. The summed E-state index contributed by atoms with van der Waals surface area (Å²) in [6.07, 6.45) is -0.611. The molecule has 1 nitrogen and oxygen atoms in total. The van der Waals surface area contributed by atoms with E-state index in [-0.39, 0.29) is 0 Å². The summed E-state index contributed by atoms with van der Waals surface area (Å²) in [7, 11) is 0. The molecular formula is C19H23ClO. The average Bonchev–Trinajstić information content (AvgIpc) is 2.43. The molecule has 0 amide bonds. The van der Waals surface area contributed by atoms with Crippen molar-refractivity contribution in [2.75, 3.05) is 0 Å². The molecule has 0 aliphatic carbocycles. The first-order valence-corrected chi connectivity index (χ1v) is 7.64. The van der Waals surface area contributed by atoms with E-state index in [2.05, 4.69) is 34.6 Å². The van der Waals surface area contributed by atoms with Crippen LogP contribution >= 0.6 is 11.6 Å². The topological polar surface area (TPSA) is 20.2 Å². The fourth-order valence-electron chi connectivity index (χ4n) is 3.04. The Balaban J connectivity index is 2.66. The molecule has 2 heteroatoms. The zero-order valence-corrected chi connectivity index (χ0v) is 14.4. The Morgan fingerprint density at radius 3 is 1.76 bits per heavy atom. The third kappa shape index (κ3) is 2.73. The minimum atomic E-state index is -0.611. The van der Waals surface area contributed by atoms with E-state index in [1.807, 2.05) is 25.1 Å². The number of aliphatic hydroxyl groups excluding tert-OH is 1. The molecule has 21 heavy (non-hydrogen) atoms. The molecule has 0 radical (unpaired) electrons. The molecule has 0 fully saturated rings. The number of halogens is 1. The molecule has 2 aromatic rings. The fourth-order valence-corrected chi connectivity index (χ4v) is 3.27. The fraction of sp³-hybridized carbons (Fsp3) is 0.368. The van der Waals surface area contributed by atoms with Gasteiger partial charge in [0, 0.05) is 5.02 Å². The summed E-state index contributed by atoms with van der Waals surface area (Å²) in [4.78, 5) is 0. The van der Waals surface area contributed by atoms with Crippen molar-refractivity contribution in [1.82, 2.24) is 0 Å². The zero-order chi connectivity index (χ0) is 15.9. The van der Waals surface area contributed by atoms with Crippen LogP contribution in [0.2, 0.25) is 5.02 Å². The Morgan fingerprint density at radius 2 is 1.29 bits per heavy atom. The molecule has 0 spiro atoms. The molecule has 112 valence electrons. The zero-order valence-electron chi connectivity index (χ0n) is 13.6. The Hall–Kier alpha value is -1.31. The third-order valence-corrected chi connectivity index (χ3v) is 5.09. The smallest absolute Gasteiger partial charge is 0.105 e. The predicted molar refractivity (Wildman–Crippen MR) is 90.4 cm³/mol. The van der Waals surface area contributed by atoms with E-state index >= 15 is 0 Å². The minimum absolute atomic E-state index is 0.611. The maximum atomic E-state index is 10.9. The van der Waals surface area contributed by atoms with Crippen LogP contribution in [0.5, 0.6) is 0 Å². The molecule has 1 N–H and O–H groups in total. The molecule has 1 atom stereocenters. The van der Waals surface area contributed by atoms with Crippen molar-refractivity contribution in [2.45, 2.75) is 47.6 Å². The van der Waals surface area contributed by atoms with Gasteiger partial charge < -0.3 is 5.11 Å². The first kappa shape index (κ1) is 16.1. The minimum Gasteiger partial charge on any atom is -0.384 e. The molecule has 0 aromatic heterocycles. The molecule has 1 unspecified atom stereocenters. The third-order valence-electron chi connectivity index (χ3n) is 4.86. The molecule has 2 aromatic carbocycles. The second kappa shape index (κ2) is 5.82. The van der Waals surface area contributed by atoms with Crippen LogP contribution in [0.25, 0.3) is 0 Å². The Bertz CT molecular complexity index is 672. The van der Waals surface area contributed by atoms with Crippen LogP contribution in [-0.2, 0) is 0 Å². The van der Waals surface area contributed by atoms with E-state index in [1.165, 1.54) is 27.8 Å². The first-order chi connectivity index (χ1) is 9.75. The summed E-state index contributed by atoms with van der Waals surface area (Å²) in [6.45, 7) is 12.6. The Labute approximate surface area is 132 Å². The van der Waals surface area contributed by atoms with Crippen LogP contribution in [-0.4, -0.2) is 5.11 Å². The van der Waals surface area contributed by atoms with Crippen LogP contribution in [0.1, 0.15) is 50.6 Å². The van der Waals surface area contributed by atoms with Crippen LogP contribution in [0.15, 0.2) is 18.2 Å². The van der Waals surface area contributed by atoms with E-state index in [0.29, 0.717) is 5.02 Å². The molecule has 0 aliphatic heterocycles. The molecule has 0 bridgehead atoms. The number of hydrogen-bond acceptors (Lipinski definition) is 1. The van der Waals surface area contributed by atoms with Gasteiger partial charge in [0.05, 0.1) is 0 Å². The first-order valence-electron chi connectivity index (χ1n) is 7.26. The second-order valence-electron chi connectivity index (χ2n) is 5.94. The predicted octanol–water partition coefficient (Wildman–Crippen LogP) is 5.27. The van der Waals surface area contributed by atoms with Crippen molar-refractivity contribution in [1.29, 1.82) is 0 Å². The van der Waals surface area contributed by atoms with Crippen molar-refractivity contribution in [3.63, 3.8) is 0 Å². The maximum Gasteiger partial charge on any atom is 0.105 e. The number of benzene rings is 2. The van der Waals surface area contributed by atoms with Gasteiger partial charge in [0.2, 0.25) is 0 Å². The van der Waals surface area contributed by atoms with Gasteiger partial charge >= 0.3 is 0 Å². The van der Waals surface area contributed by atoms with Gasteiger partial charge in [-0.25, -0.2) is 0 Å². The van der Waals surface area contributed by atoms with Gasteiger partial charge in [-0.1, -0.05) is 17.7 Å². The number of hydrogen-bond donors (Lipinski definition) is 1. The standard InChI is InChI=1S/C19H23ClO/c1-10-9-16(20)7-8-17(10)19(21)18-14(5)12(3)11(2)13(4)15(18)6/h7-9,19,21H,1-6H3. The van der Waals surface area contributed by atoms with E-state index in [0.717, 1.165) is 16.7 Å². The lowest BCUT2D eigenvalue weighted by Gasteiger charge is -2.23. The van der Waals surface area contributed by atoms with Crippen molar-refractivity contribution in [2.24, 2.45) is 0 Å². The van der Waals surface area contributed by atoms with Gasteiger partial charge in [0.1, 0.15) is 6.10 Å². The van der Waals surface area contributed by atoms with Crippen LogP contribution in [0.4, 0.5) is 0 Å². The highest BCUT2D eigenvalue weighted by atomic mass is 35.5. The van der Waals surface area contributed by atoms with E-state index in [1.54, 1.807) is 0 Å². The summed E-state index contributed by atoms with van der Waals surface area (Å²) in [5.74, 6) is 0. The highest BCUT2D eigenvalue weighted by Crippen LogP contribution is 2.35. The van der Waals surface area contributed by atoms with E-state index < -0.39 is 6.10 Å². The molecule has 0 saturated heterocycles. The Kier molecular flexibility index (Phi) is 4.46. The highest BCUT2D eigenvalue weighted by molar-refractivity contribution is 6.30. The van der Waals surface area contributed by atoms with Crippen molar-refractivity contribution >= 4 is 11.6 Å². The lowest BCUT2D eigenvalue weighted by Crippen LogP contribution is -2.10. The molecule has 0 heterocycles. The summed E-state index contributed by atoms with van der Waals surface area (Å²) in [5, 5.41) is 11.6. The van der Waals surface area contributed by atoms with Crippen LogP contribution in [0.3, 0.4) is 0 Å². The molecule has 0 aliphatic rings. The summed E-state index contributed by atoms with van der Waals surface area (Å²) < 4.78 is 0. The lowest BCUT2D eigenvalue weighted by atomic mass is 9.84. The van der Waals surface area contributed by atoms with Crippen molar-refractivity contribution in [3.8, 4) is 0 Å². The largest absolute Gasteiger partial charge is 0.384 e. The van der Waals surface area contributed by atoms with E-state index in [9.17, 15) is 5.11 Å². The van der Waals surface area contributed by atoms with Gasteiger partial charge in [-0.05, 0) is 98.2 Å².